The van der Waals surface area contributed by atoms with Crippen LogP contribution < -0.4 is 5.32 Å². The third-order valence-electron chi connectivity index (χ3n) is 5.59. The van der Waals surface area contributed by atoms with Crippen molar-refractivity contribution in [2.45, 2.75) is 26.8 Å². The van der Waals surface area contributed by atoms with Gasteiger partial charge >= 0.3 is 0 Å². The topological polar surface area (TPSA) is 101 Å². The Hall–Kier alpha value is -3.08. The molecule has 1 saturated heterocycles. The lowest BCUT2D eigenvalue weighted by atomic mass is 10.1. The lowest BCUT2D eigenvalue weighted by molar-refractivity contribution is -0.117. The third-order valence-corrected chi connectivity index (χ3v) is 6.85. The summed E-state index contributed by atoms with van der Waals surface area (Å²) in [5, 5.41) is 7.44. The van der Waals surface area contributed by atoms with Crippen LogP contribution in [0.2, 0.25) is 0 Å². The minimum atomic E-state index is -0.213. The van der Waals surface area contributed by atoms with Gasteiger partial charge in [0.05, 0.1) is 31.9 Å². The number of nitrogens with zero attached hydrogens (tertiary/aromatic N) is 4. The molecule has 1 aromatic carbocycles. The predicted molar refractivity (Wildman–Crippen MR) is 130 cm³/mol. The summed E-state index contributed by atoms with van der Waals surface area (Å²) < 4.78 is 10.6. The number of carbonyl (C=O) groups excluding carboxylic acids is 2. The van der Waals surface area contributed by atoms with Gasteiger partial charge in [-0.2, -0.15) is 4.98 Å². The molecule has 180 valence electrons. The van der Waals surface area contributed by atoms with Gasteiger partial charge in [0.1, 0.15) is 5.00 Å². The second-order valence-electron chi connectivity index (χ2n) is 8.21. The first-order valence-corrected chi connectivity index (χ1v) is 12.1. The lowest BCUT2D eigenvalue weighted by Crippen LogP contribution is -2.41. The second-order valence-corrected chi connectivity index (χ2v) is 9.23. The molecule has 1 fully saturated rings. The quantitative estimate of drug-likeness (QED) is 0.525. The van der Waals surface area contributed by atoms with Gasteiger partial charge < -0.3 is 19.5 Å². The molecule has 0 saturated carbocycles. The number of likely N-dealkylation sites (N-methyl/N-ethyl adjacent to an activating group) is 1. The summed E-state index contributed by atoms with van der Waals surface area (Å²) in [7, 11) is 1.81. The number of thiophene rings is 1. The van der Waals surface area contributed by atoms with E-state index >= 15 is 0 Å². The van der Waals surface area contributed by atoms with Crippen LogP contribution in [0.15, 0.2) is 34.9 Å². The van der Waals surface area contributed by atoms with Crippen LogP contribution in [-0.4, -0.2) is 71.7 Å². The standard InChI is InChI=1S/C24H29N5O4S/c1-4-18-25-20(33-27-18)15-28(3)14-19(30)26-23-21(24(31)29-10-12-32-13-11-29)16(2)22(34-23)17-8-6-5-7-9-17/h5-9H,4,10-15H2,1-3H3,(H,26,30). The van der Waals surface area contributed by atoms with Crippen LogP contribution in [0, 0.1) is 6.92 Å². The normalized spacial score (nSPS) is 13.9. The lowest BCUT2D eigenvalue weighted by Gasteiger charge is -2.27. The molecule has 0 unspecified atom stereocenters. The van der Waals surface area contributed by atoms with Crippen LogP contribution in [0.4, 0.5) is 5.00 Å². The Bertz CT molecular complexity index is 1140. The number of anilines is 1. The maximum Gasteiger partial charge on any atom is 0.257 e. The predicted octanol–water partition coefficient (Wildman–Crippen LogP) is 3.21. The summed E-state index contributed by atoms with van der Waals surface area (Å²) in [6, 6.07) is 9.91. The van der Waals surface area contributed by atoms with Crippen molar-refractivity contribution < 1.29 is 18.8 Å². The molecular formula is C24H29N5O4S. The molecule has 0 atom stereocenters. The van der Waals surface area contributed by atoms with E-state index < -0.39 is 0 Å². The molecule has 0 aliphatic carbocycles. The fourth-order valence-corrected chi connectivity index (χ4v) is 5.07. The van der Waals surface area contributed by atoms with E-state index in [4.69, 9.17) is 9.26 Å². The van der Waals surface area contributed by atoms with Crippen LogP contribution in [0.25, 0.3) is 10.4 Å². The number of hydrogen-bond donors (Lipinski definition) is 1. The van der Waals surface area contributed by atoms with Gasteiger partial charge in [0.2, 0.25) is 11.8 Å². The molecule has 9 nitrogen and oxygen atoms in total. The van der Waals surface area contributed by atoms with E-state index in [1.54, 1.807) is 9.80 Å². The number of carbonyl (C=O) groups is 2. The first-order valence-electron chi connectivity index (χ1n) is 11.3. The minimum absolute atomic E-state index is 0.0826. The van der Waals surface area contributed by atoms with Gasteiger partial charge in [-0.05, 0) is 25.1 Å². The first-order chi connectivity index (χ1) is 16.5. The van der Waals surface area contributed by atoms with E-state index in [1.165, 1.54) is 11.3 Å². The highest BCUT2D eigenvalue weighted by Crippen LogP contribution is 2.40. The Morgan fingerprint density at radius 1 is 1.21 bits per heavy atom. The van der Waals surface area contributed by atoms with E-state index in [2.05, 4.69) is 15.5 Å². The second kappa shape index (κ2) is 10.9. The molecule has 4 rings (SSSR count). The summed E-state index contributed by atoms with van der Waals surface area (Å²) in [4.78, 5) is 35.2. The molecular weight excluding hydrogens is 454 g/mol. The van der Waals surface area contributed by atoms with Crippen molar-refractivity contribution in [2.75, 3.05) is 45.2 Å². The molecule has 34 heavy (non-hydrogen) atoms. The Labute approximate surface area is 202 Å². The van der Waals surface area contributed by atoms with E-state index in [-0.39, 0.29) is 18.4 Å². The Balaban J connectivity index is 1.54. The van der Waals surface area contributed by atoms with E-state index in [1.807, 2.05) is 51.2 Å². The van der Waals surface area contributed by atoms with Crippen LogP contribution in [-0.2, 0) is 22.5 Å². The number of aromatic nitrogens is 2. The number of rotatable bonds is 8. The highest BCUT2D eigenvalue weighted by Gasteiger charge is 2.28. The Morgan fingerprint density at radius 2 is 1.94 bits per heavy atom. The maximum absolute atomic E-state index is 13.4. The number of amides is 2. The zero-order chi connectivity index (χ0) is 24.1. The molecule has 2 aromatic heterocycles. The van der Waals surface area contributed by atoms with Crippen LogP contribution in [0.3, 0.4) is 0 Å². The molecule has 10 heteroatoms. The average molecular weight is 484 g/mol. The van der Waals surface area contributed by atoms with Crippen molar-refractivity contribution in [1.29, 1.82) is 0 Å². The number of hydrogen-bond acceptors (Lipinski definition) is 8. The van der Waals surface area contributed by atoms with Crippen molar-refractivity contribution in [3.05, 3.63) is 53.2 Å². The molecule has 0 spiro atoms. The number of aryl methyl sites for hydroxylation is 1. The molecule has 1 aliphatic heterocycles. The SMILES string of the molecule is CCc1noc(CN(C)CC(=O)Nc2sc(-c3ccccc3)c(C)c2C(=O)N2CCOCC2)n1. The van der Waals surface area contributed by atoms with Crippen molar-refractivity contribution in [1.82, 2.24) is 19.9 Å². The smallest absolute Gasteiger partial charge is 0.257 e. The molecule has 0 bridgehead atoms. The summed E-state index contributed by atoms with van der Waals surface area (Å²) in [5.41, 5.74) is 2.43. The zero-order valence-electron chi connectivity index (χ0n) is 19.7. The Kier molecular flexibility index (Phi) is 7.71. The molecule has 1 aliphatic rings. The third kappa shape index (κ3) is 5.52. The summed E-state index contributed by atoms with van der Waals surface area (Å²) in [5.74, 6) is 0.811. The van der Waals surface area contributed by atoms with Gasteiger partial charge in [-0.3, -0.25) is 14.5 Å². The van der Waals surface area contributed by atoms with E-state index in [0.29, 0.717) is 61.5 Å². The average Bonchev–Trinajstić information content (AvgIpc) is 3.43. The van der Waals surface area contributed by atoms with Gasteiger partial charge in [-0.1, -0.05) is 42.4 Å². The number of nitrogens with one attached hydrogen (secondary N) is 1. The highest BCUT2D eigenvalue weighted by atomic mass is 32.1. The van der Waals surface area contributed by atoms with Crippen molar-refractivity contribution >= 4 is 28.2 Å². The fraction of sp³-hybridized carbons (Fsp3) is 0.417. The zero-order valence-corrected chi connectivity index (χ0v) is 20.5. The molecule has 1 N–H and O–H groups in total. The Morgan fingerprint density at radius 3 is 2.62 bits per heavy atom. The molecule has 2 amide bonds. The van der Waals surface area contributed by atoms with Crippen molar-refractivity contribution in [2.24, 2.45) is 0 Å². The van der Waals surface area contributed by atoms with Gasteiger partial charge in [0.15, 0.2) is 5.82 Å². The summed E-state index contributed by atoms with van der Waals surface area (Å²) in [6.07, 6.45) is 0.690. The van der Waals surface area contributed by atoms with Gasteiger partial charge in [-0.15, -0.1) is 11.3 Å². The van der Waals surface area contributed by atoms with Crippen LogP contribution in [0.5, 0.6) is 0 Å². The monoisotopic (exact) mass is 483 g/mol. The van der Waals surface area contributed by atoms with E-state index in [0.717, 1.165) is 16.0 Å². The van der Waals surface area contributed by atoms with Crippen molar-refractivity contribution in [3.8, 4) is 10.4 Å². The largest absolute Gasteiger partial charge is 0.378 e. The molecule has 3 heterocycles. The van der Waals surface area contributed by atoms with Crippen molar-refractivity contribution in [3.63, 3.8) is 0 Å². The fourth-order valence-electron chi connectivity index (χ4n) is 3.84. The molecule has 0 radical (unpaired) electrons. The number of ether oxygens (including phenoxy) is 1. The highest BCUT2D eigenvalue weighted by molar-refractivity contribution is 7.20. The first kappa shape index (κ1) is 24.1. The minimum Gasteiger partial charge on any atom is -0.378 e. The summed E-state index contributed by atoms with van der Waals surface area (Å²) >= 11 is 1.43. The van der Waals surface area contributed by atoms with Gasteiger partial charge in [0.25, 0.3) is 5.91 Å². The van der Waals surface area contributed by atoms with Gasteiger partial charge in [0, 0.05) is 24.4 Å². The number of morpholine rings is 1. The van der Waals surface area contributed by atoms with Crippen LogP contribution in [0.1, 0.15) is 34.6 Å². The maximum atomic E-state index is 13.4. The van der Waals surface area contributed by atoms with Crippen LogP contribution >= 0.6 is 11.3 Å². The van der Waals surface area contributed by atoms with E-state index in [9.17, 15) is 9.59 Å². The number of benzene rings is 1. The molecule has 3 aromatic rings. The summed E-state index contributed by atoms with van der Waals surface area (Å²) in [6.45, 7) is 6.48. The van der Waals surface area contributed by atoms with Gasteiger partial charge in [-0.25, -0.2) is 0 Å².